The topological polar surface area (TPSA) is 50.4 Å². The van der Waals surface area contributed by atoms with E-state index in [4.69, 9.17) is 4.74 Å². The maximum Gasteiger partial charge on any atom is 0.315 e. The third-order valence-corrected chi connectivity index (χ3v) is 3.35. The first-order chi connectivity index (χ1) is 11.1. The van der Waals surface area contributed by atoms with Crippen molar-refractivity contribution >= 4 is 6.03 Å². The number of carbonyl (C=O) groups is 1. The molecule has 2 N–H and O–H groups in total. The van der Waals surface area contributed by atoms with E-state index >= 15 is 0 Å². The van der Waals surface area contributed by atoms with E-state index in [-0.39, 0.29) is 18.5 Å². The fourth-order valence-corrected chi connectivity index (χ4v) is 2.16. The maximum atomic E-state index is 13.4. The molecule has 4 nitrogen and oxygen atoms in total. The van der Waals surface area contributed by atoms with Gasteiger partial charge in [0.1, 0.15) is 17.4 Å². The van der Waals surface area contributed by atoms with Crippen LogP contribution in [0.15, 0.2) is 42.5 Å². The first kappa shape index (κ1) is 16.7. The van der Waals surface area contributed by atoms with Crippen LogP contribution in [0.2, 0.25) is 0 Å². The summed E-state index contributed by atoms with van der Waals surface area (Å²) in [5, 5.41) is 5.24. The number of urea groups is 1. The van der Waals surface area contributed by atoms with Gasteiger partial charge in [-0.1, -0.05) is 24.3 Å². The van der Waals surface area contributed by atoms with Crippen LogP contribution in [-0.2, 0) is 13.0 Å². The number of para-hydroxylation sites is 1. The van der Waals surface area contributed by atoms with Crippen molar-refractivity contribution in [3.8, 4) is 5.75 Å². The highest BCUT2D eigenvalue weighted by molar-refractivity contribution is 5.73. The van der Waals surface area contributed by atoms with Crippen LogP contribution in [0.5, 0.6) is 5.75 Å². The minimum absolute atomic E-state index is 0.0301. The third kappa shape index (κ3) is 4.67. The number of hydrogen-bond acceptors (Lipinski definition) is 2. The highest BCUT2D eigenvalue weighted by atomic mass is 19.1. The number of benzene rings is 2. The lowest BCUT2D eigenvalue weighted by Crippen LogP contribution is -2.36. The van der Waals surface area contributed by atoms with E-state index in [2.05, 4.69) is 10.6 Å². The molecule has 122 valence electrons. The zero-order valence-electron chi connectivity index (χ0n) is 12.7. The molecule has 0 saturated carbocycles. The van der Waals surface area contributed by atoms with Gasteiger partial charge in [-0.2, -0.15) is 0 Å². The van der Waals surface area contributed by atoms with Crippen molar-refractivity contribution in [3.05, 3.63) is 65.2 Å². The quantitative estimate of drug-likeness (QED) is 0.859. The van der Waals surface area contributed by atoms with E-state index in [1.807, 2.05) is 18.2 Å². The van der Waals surface area contributed by atoms with Gasteiger partial charge >= 0.3 is 6.03 Å². The van der Waals surface area contributed by atoms with Gasteiger partial charge in [-0.15, -0.1) is 0 Å². The summed E-state index contributed by atoms with van der Waals surface area (Å²) in [6.07, 6.45) is 0.0839. The average molecular weight is 320 g/mol. The van der Waals surface area contributed by atoms with Crippen molar-refractivity contribution in [3.63, 3.8) is 0 Å². The Kier molecular flexibility index (Phi) is 5.91. The van der Waals surface area contributed by atoms with E-state index in [1.165, 1.54) is 18.2 Å². The van der Waals surface area contributed by atoms with Crippen LogP contribution in [-0.4, -0.2) is 19.7 Å². The highest BCUT2D eigenvalue weighted by Crippen LogP contribution is 2.16. The Morgan fingerprint density at radius 3 is 2.43 bits per heavy atom. The molecule has 2 aromatic rings. The number of hydrogen-bond donors (Lipinski definition) is 2. The lowest BCUT2D eigenvalue weighted by Gasteiger charge is -2.11. The van der Waals surface area contributed by atoms with Gasteiger partial charge in [0.15, 0.2) is 0 Å². The molecule has 0 aliphatic rings. The molecule has 2 amide bonds. The van der Waals surface area contributed by atoms with Crippen LogP contribution in [0, 0.1) is 11.6 Å². The molecule has 0 saturated heterocycles. The minimum atomic E-state index is -0.610. The summed E-state index contributed by atoms with van der Waals surface area (Å²) in [6, 6.07) is 10.6. The van der Waals surface area contributed by atoms with Crippen LogP contribution < -0.4 is 15.4 Å². The van der Waals surface area contributed by atoms with E-state index in [9.17, 15) is 13.6 Å². The number of nitrogens with one attached hydrogen (secondary N) is 2. The largest absolute Gasteiger partial charge is 0.496 e. The molecule has 0 heterocycles. The molecule has 0 aliphatic heterocycles. The molecular weight excluding hydrogens is 302 g/mol. The lowest BCUT2D eigenvalue weighted by molar-refractivity contribution is 0.240. The Morgan fingerprint density at radius 2 is 1.74 bits per heavy atom. The summed E-state index contributed by atoms with van der Waals surface area (Å²) in [5.41, 5.74) is 0.808. The van der Waals surface area contributed by atoms with Crippen molar-refractivity contribution in [1.82, 2.24) is 10.6 Å². The van der Waals surface area contributed by atoms with Crippen molar-refractivity contribution in [2.24, 2.45) is 0 Å². The number of ether oxygens (including phenoxy) is 1. The second kappa shape index (κ2) is 8.12. The molecular formula is C17H18F2N2O2. The highest BCUT2D eigenvalue weighted by Gasteiger charge is 2.09. The maximum absolute atomic E-state index is 13.4. The standard InChI is InChI=1S/C17H18F2N2O2/c1-23-16-8-3-2-5-12(16)11-21-17(22)20-10-9-13-14(18)6-4-7-15(13)19/h2-8H,9-11H2,1H3,(H2,20,21,22). The Bertz CT molecular complexity index is 657. The fourth-order valence-electron chi connectivity index (χ4n) is 2.16. The monoisotopic (exact) mass is 320 g/mol. The SMILES string of the molecule is COc1ccccc1CNC(=O)NCCc1c(F)cccc1F. The summed E-state index contributed by atoms with van der Waals surface area (Å²) in [6.45, 7) is 0.430. The Labute approximate surface area is 133 Å². The van der Waals surface area contributed by atoms with Gasteiger partial charge in [0.2, 0.25) is 0 Å². The van der Waals surface area contributed by atoms with Gasteiger partial charge in [0.05, 0.1) is 7.11 Å². The molecule has 2 aromatic carbocycles. The second-order valence-corrected chi connectivity index (χ2v) is 4.87. The van der Waals surface area contributed by atoms with Crippen LogP contribution >= 0.6 is 0 Å². The number of carbonyl (C=O) groups excluding carboxylic acids is 1. The predicted octanol–water partition coefficient (Wildman–Crippen LogP) is 3.02. The second-order valence-electron chi connectivity index (χ2n) is 4.87. The molecule has 0 unspecified atom stereocenters. The number of rotatable bonds is 6. The molecule has 0 bridgehead atoms. The van der Waals surface area contributed by atoms with Crippen molar-refractivity contribution < 1.29 is 18.3 Å². The summed E-state index contributed by atoms with van der Waals surface area (Å²) < 4.78 is 32.1. The van der Waals surface area contributed by atoms with Crippen molar-refractivity contribution in [1.29, 1.82) is 0 Å². The predicted molar refractivity (Wildman–Crippen MR) is 83.3 cm³/mol. The smallest absolute Gasteiger partial charge is 0.315 e. The lowest BCUT2D eigenvalue weighted by atomic mass is 10.1. The zero-order valence-corrected chi connectivity index (χ0v) is 12.7. The summed E-state index contributed by atoms with van der Waals surface area (Å²) in [5.74, 6) is -0.538. The van der Waals surface area contributed by atoms with Gasteiger partial charge in [0.25, 0.3) is 0 Å². The molecule has 0 spiro atoms. The molecule has 23 heavy (non-hydrogen) atoms. The molecule has 6 heteroatoms. The van der Waals surface area contributed by atoms with Crippen LogP contribution in [0.1, 0.15) is 11.1 Å². The molecule has 0 fully saturated rings. The first-order valence-electron chi connectivity index (χ1n) is 7.18. The van der Waals surface area contributed by atoms with Crippen LogP contribution in [0.3, 0.4) is 0 Å². The molecule has 0 aromatic heterocycles. The molecule has 2 rings (SSSR count). The average Bonchev–Trinajstić information content (AvgIpc) is 2.56. The van der Waals surface area contributed by atoms with Crippen molar-refractivity contribution in [2.45, 2.75) is 13.0 Å². The van der Waals surface area contributed by atoms with Gasteiger partial charge in [-0.05, 0) is 24.6 Å². The van der Waals surface area contributed by atoms with Crippen molar-refractivity contribution in [2.75, 3.05) is 13.7 Å². The number of halogens is 2. The number of methoxy groups -OCH3 is 1. The van der Waals surface area contributed by atoms with E-state index in [0.717, 1.165) is 5.56 Å². The summed E-state index contributed by atoms with van der Waals surface area (Å²) in [7, 11) is 1.56. The number of amides is 2. The Morgan fingerprint density at radius 1 is 1.04 bits per heavy atom. The van der Waals surface area contributed by atoms with Gasteiger partial charge < -0.3 is 15.4 Å². The van der Waals surface area contributed by atoms with Gasteiger partial charge in [-0.3, -0.25) is 0 Å². The normalized spacial score (nSPS) is 10.2. The zero-order chi connectivity index (χ0) is 16.7. The van der Waals surface area contributed by atoms with E-state index in [1.54, 1.807) is 13.2 Å². The van der Waals surface area contributed by atoms with Crippen LogP contribution in [0.4, 0.5) is 13.6 Å². The van der Waals surface area contributed by atoms with E-state index < -0.39 is 17.7 Å². The molecule has 0 radical (unpaired) electrons. The summed E-state index contributed by atoms with van der Waals surface area (Å²) in [4.78, 5) is 11.7. The van der Waals surface area contributed by atoms with Crippen LogP contribution in [0.25, 0.3) is 0 Å². The summed E-state index contributed by atoms with van der Waals surface area (Å²) >= 11 is 0. The molecule has 0 atom stereocenters. The molecule has 0 aliphatic carbocycles. The van der Waals surface area contributed by atoms with E-state index in [0.29, 0.717) is 12.3 Å². The minimum Gasteiger partial charge on any atom is -0.496 e. The Balaban J connectivity index is 1.79. The van der Waals surface area contributed by atoms with Gasteiger partial charge in [0, 0.05) is 24.2 Å². The first-order valence-corrected chi connectivity index (χ1v) is 7.18. The Hall–Kier alpha value is -2.63. The third-order valence-electron chi connectivity index (χ3n) is 3.35. The fraction of sp³-hybridized carbons (Fsp3) is 0.235. The van der Waals surface area contributed by atoms with Gasteiger partial charge in [-0.25, -0.2) is 13.6 Å².